The number of carbonyl (C=O) groups excluding carboxylic acids is 1. The van der Waals surface area contributed by atoms with Crippen LogP contribution in [0, 0.1) is 11.8 Å². The number of benzene rings is 1. The van der Waals surface area contributed by atoms with Gasteiger partial charge in [0.1, 0.15) is 5.78 Å². The highest BCUT2D eigenvalue weighted by Crippen LogP contribution is 2.44. The van der Waals surface area contributed by atoms with Crippen LogP contribution in [0.2, 0.25) is 0 Å². The molecule has 2 rings (SSSR count). The van der Waals surface area contributed by atoms with Crippen molar-refractivity contribution in [2.45, 2.75) is 33.1 Å². The van der Waals surface area contributed by atoms with Gasteiger partial charge >= 0.3 is 0 Å². The number of carbonyl (C=O) groups is 1. The second kappa shape index (κ2) is 3.80. The van der Waals surface area contributed by atoms with Crippen molar-refractivity contribution in [3.63, 3.8) is 0 Å². The summed E-state index contributed by atoms with van der Waals surface area (Å²) >= 11 is 0. The molecule has 0 bridgehead atoms. The fourth-order valence-electron chi connectivity index (χ4n) is 2.64. The highest BCUT2D eigenvalue weighted by molar-refractivity contribution is 5.91. The lowest BCUT2D eigenvalue weighted by Gasteiger charge is -2.39. The fourth-order valence-corrected chi connectivity index (χ4v) is 2.64. The van der Waals surface area contributed by atoms with Crippen molar-refractivity contribution in [3.05, 3.63) is 35.4 Å². The average Bonchev–Trinajstić information content (AvgIpc) is 2.30. The van der Waals surface area contributed by atoms with E-state index in [0.29, 0.717) is 11.7 Å². The molecular weight excluding hydrogens is 184 g/mol. The molecule has 1 aromatic carbocycles. The van der Waals surface area contributed by atoms with E-state index in [9.17, 15) is 4.79 Å². The molecule has 80 valence electrons. The second-order valence-corrected chi connectivity index (χ2v) is 4.60. The Morgan fingerprint density at radius 2 is 1.60 bits per heavy atom. The number of Topliss-reactive ketones (excluding diaryl/α,β-unsaturated/α-hetero) is 1. The SMILES string of the molecule is CCc1ccc(C2C(C)C(=O)C2C)cc1. The van der Waals surface area contributed by atoms with E-state index >= 15 is 0 Å². The van der Waals surface area contributed by atoms with Gasteiger partial charge in [0.15, 0.2) is 0 Å². The first-order valence-electron chi connectivity index (χ1n) is 5.77. The van der Waals surface area contributed by atoms with Crippen LogP contribution in [0.5, 0.6) is 0 Å². The van der Waals surface area contributed by atoms with Crippen LogP contribution in [0.25, 0.3) is 0 Å². The summed E-state index contributed by atoms with van der Waals surface area (Å²) in [6, 6.07) is 8.72. The highest BCUT2D eigenvalue weighted by Gasteiger charge is 2.44. The molecule has 1 saturated carbocycles. The number of hydrogen-bond acceptors (Lipinski definition) is 1. The van der Waals surface area contributed by atoms with Gasteiger partial charge in [-0.15, -0.1) is 0 Å². The molecule has 0 aliphatic heterocycles. The number of rotatable bonds is 2. The zero-order valence-electron chi connectivity index (χ0n) is 9.66. The minimum atomic E-state index is 0.215. The minimum Gasteiger partial charge on any atom is -0.299 e. The van der Waals surface area contributed by atoms with Crippen LogP contribution in [0.4, 0.5) is 0 Å². The predicted octanol–water partition coefficient (Wildman–Crippen LogP) is 3.19. The van der Waals surface area contributed by atoms with E-state index in [4.69, 9.17) is 0 Å². The van der Waals surface area contributed by atoms with Gasteiger partial charge in [-0.1, -0.05) is 45.0 Å². The van der Waals surface area contributed by atoms with E-state index in [1.54, 1.807) is 0 Å². The smallest absolute Gasteiger partial charge is 0.139 e. The van der Waals surface area contributed by atoms with Gasteiger partial charge in [0.05, 0.1) is 0 Å². The van der Waals surface area contributed by atoms with Gasteiger partial charge in [0, 0.05) is 17.8 Å². The van der Waals surface area contributed by atoms with Crippen molar-refractivity contribution in [2.75, 3.05) is 0 Å². The third kappa shape index (κ3) is 1.60. The van der Waals surface area contributed by atoms with Crippen molar-refractivity contribution >= 4 is 5.78 Å². The summed E-state index contributed by atoms with van der Waals surface area (Å²) in [6.07, 6.45) is 1.08. The molecule has 1 aromatic rings. The molecule has 1 aliphatic carbocycles. The van der Waals surface area contributed by atoms with E-state index in [0.717, 1.165) is 6.42 Å². The Morgan fingerprint density at radius 3 is 2.07 bits per heavy atom. The Labute approximate surface area is 91.5 Å². The molecule has 0 aromatic heterocycles. The third-order valence-electron chi connectivity index (χ3n) is 3.75. The number of aryl methyl sites for hydroxylation is 1. The van der Waals surface area contributed by atoms with Crippen LogP contribution in [0.1, 0.15) is 37.8 Å². The molecule has 0 spiro atoms. The zero-order valence-corrected chi connectivity index (χ0v) is 9.66. The third-order valence-corrected chi connectivity index (χ3v) is 3.75. The lowest BCUT2D eigenvalue weighted by atomic mass is 9.62. The minimum absolute atomic E-state index is 0.215. The molecule has 0 heterocycles. The standard InChI is InChI=1S/C14H18O/c1-4-11-5-7-12(8-6-11)13-9(2)14(15)10(13)3/h5-10,13H,4H2,1-3H3. The number of hydrogen-bond donors (Lipinski definition) is 0. The summed E-state index contributed by atoms with van der Waals surface area (Å²) in [5, 5.41) is 0. The fraction of sp³-hybridized carbons (Fsp3) is 0.500. The average molecular weight is 202 g/mol. The van der Waals surface area contributed by atoms with Crippen LogP contribution < -0.4 is 0 Å². The highest BCUT2D eigenvalue weighted by atomic mass is 16.1. The lowest BCUT2D eigenvalue weighted by Crippen LogP contribution is -2.42. The summed E-state index contributed by atoms with van der Waals surface area (Å²) in [5.41, 5.74) is 2.69. The zero-order chi connectivity index (χ0) is 11.0. The van der Waals surface area contributed by atoms with Gasteiger partial charge in [0.2, 0.25) is 0 Å². The molecule has 1 fully saturated rings. The monoisotopic (exact) mass is 202 g/mol. The van der Waals surface area contributed by atoms with Gasteiger partial charge in [-0.2, -0.15) is 0 Å². The molecule has 0 amide bonds. The Kier molecular flexibility index (Phi) is 2.64. The molecule has 1 heteroatoms. The number of ketones is 1. The molecule has 0 saturated heterocycles. The van der Waals surface area contributed by atoms with Gasteiger partial charge in [0.25, 0.3) is 0 Å². The van der Waals surface area contributed by atoms with Crippen LogP contribution in [0.3, 0.4) is 0 Å². The van der Waals surface area contributed by atoms with E-state index < -0.39 is 0 Å². The van der Waals surface area contributed by atoms with Crippen molar-refractivity contribution in [1.82, 2.24) is 0 Å². The molecule has 1 nitrogen and oxygen atoms in total. The first-order valence-corrected chi connectivity index (χ1v) is 5.77. The molecular formula is C14H18O. The largest absolute Gasteiger partial charge is 0.299 e. The summed E-state index contributed by atoms with van der Waals surface area (Å²) < 4.78 is 0. The van der Waals surface area contributed by atoms with Crippen LogP contribution in [-0.2, 0) is 11.2 Å². The summed E-state index contributed by atoms with van der Waals surface area (Å²) in [5.74, 6) is 1.29. The summed E-state index contributed by atoms with van der Waals surface area (Å²) in [7, 11) is 0. The lowest BCUT2D eigenvalue weighted by molar-refractivity contribution is -0.136. The van der Waals surface area contributed by atoms with E-state index in [1.165, 1.54) is 11.1 Å². The van der Waals surface area contributed by atoms with Crippen LogP contribution in [0.15, 0.2) is 24.3 Å². The van der Waals surface area contributed by atoms with E-state index in [2.05, 4.69) is 31.2 Å². The molecule has 2 unspecified atom stereocenters. The molecule has 1 aliphatic rings. The summed E-state index contributed by atoms with van der Waals surface area (Å²) in [4.78, 5) is 11.5. The molecule has 0 radical (unpaired) electrons. The first kappa shape index (κ1) is 10.4. The Morgan fingerprint density at radius 1 is 1.07 bits per heavy atom. The van der Waals surface area contributed by atoms with Crippen molar-refractivity contribution in [1.29, 1.82) is 0 Å². The Hall–Kier alpha value is -1.11. The van der Waals surface area contributed by atoms with E-state index in [1.807, 2.05) is 13.8 Å². The second-order valence-electron chi connectivity index (χ2n) is 4.60. The van der Waals surface area contributed by atoms with E-state index in [-0.39, 0.29) is 11.8 Å². The topological polar surface area (TPSA) is 17.1 Å². The molecule has 15 heavy (non-hydrogen) atoms. The van der Waals surface area contributed by atoms with Gasteiger partial charge < -0.3 is 0 Å². The first-order chi connectivity index (χ1) is 7.15. The normalized spacial score (nSPS) is 30.1. The van der Waals surface area contributed by atoms with Crippen molar-refractivity contribution in [2.24, 2.45) is 11.8 Å². The summed E-state index contributed by atoms with van der Waals surface area (Å²) in [6.45, 7) is 6.24. The Balaban J connectivity index is 2.20. The maximum Gasteiger partial charge on any atom is 0.139 e. The van der Waals surface area contributed by atoms with Gasteiger partial charge in [-0.25, -0.2) is 0 Å². The predicted molar refractivity (Wildman–Crippen MR) is 61.9 cm³/mol. The van der Waals surface area contributed by atoms with Gasteiger partial charge in [-0.3, -0.25) is 4.79 Å². The maximum atomic E-state index is 11.5. The molecule has 0 N–H and O–H groups in total. The Bertz CT molecular complexity index is 351. The quantitative estimate of drug-likeness (QED) is 0.719. The maximum absolute atomic E-state index is 11.5. The van der Waals surface area contributed by atoms with Crippen LogP contribution >= 0.6 is 0 Å². The van der Waals surface area contributed by atoms with Gasteiger partial charge in [-0.05, 0) is 17.5 Å². The molecule has 2 atom stereocenters. The van der Waals surface area contributed by atoms with Crippen LogP contribution in [-0.4, -0.2) is 5.78 Å². The van der Waals surface area contributed by atoms with Crippen molar-refractivity contribution < 1.29 is 4.79 Å². The van der Waals surface area contributed by atoms with Crippen molar-refractivity contribution in [3.8, 4) is 0 Å².